The predicted octanol–water partition coefficient (Wildman–Crippen LogP) is 5.23. The van der Waals surface area contributed by atoms with E-state index in [1.54, 1.807) is 30.3 Å². The Morgan fingerprint density at radius 1 is 1.04 bits per heavy atom. The second-order valence-corrected chi connectivity index (χ2v) is 6.81. The number of rotatable bonds is 7. The van der Waals surface area contributed by atoms with Gasteiger partial charge < -0.3 is 10.1 Å². The molecular formula is C21H17BrN2O4. The second kappa shape index (κ2) is 9.14. The first-order valence-electron chi connectivity index (χ1n) is 8.55. The van der Waals surface area contributed by atoms with E-state index in [-0.39, 0.29) is 11.4 Å². The summed E-state index contributed by atoms with van der Waals surface area (Å²) in [7, 11) is 0. The fraction of sp³-hybridized carbons (Fsp3) is 0.0952. The molecule has 0 bridgehead atoms. The van der Waals surface area contributed by atoms with Crippen molar-refractivity contribution in [2.75, 3.05) is 11.9 Å². The van der Waals surface area contributed by atoms with Gasteiger partial charge in [0.1, 0.15) is 11.4 Å². The molecule has 0 saturated heterocycles. The van der Waals surface area contributed by atoms with Crippen LogP contribution in [0.2, 0.25) is 0 Å². The fourth-order valence-electron chi connectivity index (χ4n) is 2.62. The van der Waals surface area contributed by atoms with Crippen molar-refractivity contribution in [3.8, 4) is 5.75 Å². The summed E-state index contributed by atoms with van der Waals surface area (Å²) in [6.07, 6.45) is 0.771. The molecule has 3 aromatic carbocycles. The third-order valence-corrected chi connectivity index (χ3v) is 4.65. The first-order valence-corrected chi connectivity index (χ1v) is 9.35. The molecule has 3 rings (SSSR count). The van der Waals surface area contributed by atoms with Crippen LogP contribution in [0.1, 0.15) is 15.9 Å². The average Bonchev–Trinajstić information content (AvgIpc) is 2.70. The van der Waals surface area contributed by atoms with Gasteiger partial charge >= 0.3 is 0 Å². The number of halogens is 1. The maximum Gasteiger partial charge on any atom is 0.292 e. The van der Waals surface area contributed by atoms with Gasteiger partial charge in [0.2, 0.25) is 0 Å². The summed E-state index contributed by atoms with van der Waals surface area (Å²) in [4.78, 5) is 23.0. The molecule has 7 heteroatoms. The van der Waals surface area contributed by atoms with Crippen molar-refractivity contribution in [2.24, 2.45) is 0 Å². The standard InChI is InChI=1S/C21H17BrN2O4/c22-17-14-16(21(25)23-18-8-4-5-9-19(18)24(26)27)10-11-20(17)28-13-12-15-6-2-1-3-7-15/h1-11,14H,12-13H2,(H,23,25). The Labute approximate surface area is 170 Å². The number of hydrogen-bond acceptors (Lipinski definition) is 4. The van der Waals surface area contributed by atoms with Crippen molar-refractivity contribution in [1.82, 2.24) is 0 Å². The minimum Gasteiger partial charge on any atom is -0.492 e. The van der Waals surface area contributed by atoms with Crippen molar-refractivity contribution in [1.29, 1.82) is 0 Å². The lowest BCUT2D eigenvalue weighted by Crippen LogP contribution is -2.13. The first-order chi connectivity index (χ1) is 13.5. The Bertz CT molecular complexity index is 993. The zero-order valence-corrected chi connectivity index (χ0v) is 16.4. The molecule has 0 heterocycles. The summed E-state index contributed by atoms with van der Waals surface area (Å²) < 4.78 is 6.41. The molecule has 0 saturated carbocycles. The Morgan fingerprint density at radius 3 is 2.46 bits per heavy atom. The zero-order valence-electron chi connectivity index (χ0n) is 14.8. The third-order valence-electron chi connectivity index (χ3n) is 4.03. The van der Waals surface area contributed by atoms with Crippen LogP contribution in [0.3, 0.4) is 0 Å². The zero-order chi connectivity index (χ0) is 19.9. The van der Waals surface area contributed by atoms with Crippen molar-refractivity contribution < 1.29 is 14.5 Å². The van der Waals surface area contributed by atoms with Crippen LogP contribution in [0, 0.1) is 10.1 Å². The SMILES string of the molecule is O=C(Nc1ccccc1[N+](=O)[O-])c1ccc(OCCc2ccccc2)c(Br)c1. The van der Waals surface area contributed by atoms with E-state index in [9.17, 15) is 14.9 Å². The molecule has 28 heavy (non-hydrogen) atoms. The Kier molecular flexibility index (Phi) is 6.39. The first kappa shape index (κ1) is 19.6. The van der Waals surface area contributed by atoms with Gasteiger partial charge in [-0.25, -0.2) is 0 Å². The number of carbonyl (C=O) groups is 1. The summed E-state index contributed by atoms with van der Waals surface area (Å²) in [5, 5.41) is 13.6. The number of amides is 1. The van der Waals surface area contributed by atoms with Crippen molar-refractivity contribution in [2.45, 2.75) is 6.42 Å². The van der Waals surface area contributed by atoms with Crippen LogP contribution >= 0.6 is 15.9 Å². The predicted molar refractivity (Wildman–Crippen MR) is 111 cm³/mol. The number of para-hydroxylation sites is 2. The third kappa shape index (κ3) is 4.95. The largest absolute Gasteiger partial charge is 0.492 e. The number of ether oxygens (including phenoxy) is 1. The van der Waals surface area contributed by atoms with Gasteiger partial charge in [0.15, 0.2) is 0 Å². The fourth-order valence-corrected chi connectivity index (χ4v) is 3.11. The molecule has 1 amide bonds. The van der Waals surface area contributed by atoms with Gasteiger partial charge in [-0.2, -0.15) is 0 Å². The minimum atomic E-state index is -0.533. The van der Waals surface area contributed by atoms with E-state index < -0.39 is 10.8 Å². The molecule has 3 aromatic rings. The maximum atomic E-state index is 12.5. The molecule has 0 fully saturated rings. The molecule has 0 aliphatic rings. The lowest BCUT2D eigenvalue weighted by Gasteiger charge is -2.10. The van der Waals surface area contributed by atoms with Gasteiger partial charge in [0.05, 0.1) is 16.0 Å². The van der Waals surface area contributed by atoms with Crippen LogP contribution in [0.15, 0.2) is 77.3 Å². The number of nitrogens with one attached hydrogen (secondary N) is 1. The van der Waals surface area contributed by atoms with E-state index in [4.69, 9.17) is 4.74 Å². The number of nitrogens with zero attached hydrogens (tertiary/aromatic N) is 1. The Morgan fingerprint density at radius 2 is 1.75 bits per heavy atom. The van der Waals surface area contributed by atoms with E-state index in [2.05, 4.69) is 21.2 Å². The Balaban J connectivity index is 1.65. The van der Waals surface area contributed by atoms with Crippen LogP contribution < -0.4 is 10.1 Å². The van der Waals surface area contributed by atoms with Crippen LogP contribution in [0.4, 0.5) is 11.4 Å². The van der Waals surface area contributed by atoms with Crippen LogP contribution in [-0.2, 0) is 6.42 Å². The van der Waals surface area contributed by atoms with Crippen LogP contribution in [0.5, 0.6) is 5.75 Å². The number of carbonyl (C=O) groups excluding carboxylic acids is 1. The highest BCUT2D eigenvalue weighted by Crippen LogP contribution is 2.28. The molecule has 0 radical (unpaired) electrons. The van der Waals surface area contributed by atoms with Crippen molar-refractivity contribution in [3.05, 3.63) is 98.5 Å². The number of anilines is 1. The highest BCUT2D eigenvalue weighted by molar-refractivity contribution is 9.10. The normalized spacial score (nSPS) is 10.3. The molecule has 0 aromatic heterocycles. The highest BCUT2D eigenvalue weighted by atomic mass is 79.9. The molecule has 0 unspecified atom stereocenters. The second-order valence-electron chi connectivity index (χ2n) is 5.96. The van der Waals surface area contributed by atoms with Crippen LogP contribution in [-0.4, -0.2) is 17.4 Å². The van der Waals surface area contributed by atoms with Gasteiger partial charge in [-0.15, -0.1) is 0 Å². The van der Waals surface area contributed by atoms with Gasteiger partial charge in [0, 0.05) is 18.1 Å². The lowest BCUT2D eigenvalue weighted by atomic mass is 10.1. The van der Waals surface area contributed by atoms with Crippen molar-refractivity contribution >= 4 is 33.2 Å². The maximum absolute atomic E-state index is 12.5. The number of hydrogen-bond donors (Lipinski definition) is 1. The van der Waals surface area contributed by atoms with Crippen molar-refractivity contribution in [3.63, 3.8) is 0 Å². The highest BCUT2D eigenvalue weighted by Gasteiger charge is 2.16. The molecule has 1 N–H and O–H groups in total. The van der Waals surface area contributed by atoms with E-state index >= 15 is 0 Å². The molecule has 6 nitrogen and oxygen atoms in total. The van der Waals surface area contributed by atoms with Gasteiger partial charge in [0.25, 0.3) is 11.6 Å². The molecule has 0 atom stereocenters. The van der Waals surface area contributed by atoms with E-state index in [0.717, 1.165) is 6.42 Å². The lowest BCUT2D eigenvalue weighted by molar-refractivity contribution is -0.383. The summed E-state index contributed by atoms with van der Waals surface area (Å²) >= 11 is 3.41. The molecule has 142 valence electrons. The summed E-state index contributed by atoms with van der Waals surface area (Å²) in [5.41, 5.74) is 1.53. The quantitative estimate of drug-likeness (QED) is 0.402. The molecule has 0 aliphatic heterocycles. The Hall–Kier alpha value is -3.19. The summed E-state index contributed by atoms with van der Waals surface area (Å²) in [6, 6.07) is 21.0. The van der Waals surface area contributed by atoms with Gasteiger partial charge in [-0.05, 0) is 45.8 Å². The molecule has 0 spiro atoms. The topological polar surface area (TPSA) is 81.5 Å². The van der Waals surface area contributed by atoms with Crippen LogP contribution in [0.25, 0.3) is 0 Å². The number of nitro benzene ring substituents is 1. The number of benzene rings is 3. The minimum absolute atomic E-state index is 0.150. The van der Waals surface area contributed by atoms with Gasteiger partial charge in [-0.1, -0.05) is 42.5 Å². The number of nitro groups is 1. The summed E-state index contributed by atoms with van der Waals surface area (Å²) in [5.74, 6) is 0.184. The molecule has 0 aliphatic carbocycles. The average molecular weight is 441 g/mol. The van der Waals surface area contributed by atoms with Gasteiger partial charge in [-0.3, -0.25) is 14.9 Å². The summed E-state index contributed by atoms with van der Waals surface area (Å²) in [6.45, 7) is 0.504. The van der Waals surface area contributed by atoms with E-state index in [1.165, 1.54) is 17.7 Å². The monoisotopic (exact) mass is 440 g/mol. The molecular weight excluding hydrogens is 424 g/mol. The van der Waals surface area contributed by atoms with E-state index in [0.29, 0.717) is 22.4 Å². The van der Waals surface area contributed by atoms with E-state index in [1.807, 2.05) is 30.3 Å². The smallest absolute Gasteiger partial charge is 0.292 e.